The minimum atomic E-state index is -0.303. The Morgan fingerprint density at radius 2 is 1.89 bits per heavy atom. The molecule has 6 nitrogen and oxygen atoms in total. The van der Waals surface area contributed by atoms with Crippen molar-refractivity contribution < 1.29 is 9.13 Å². The van der Waals surface area contributed by atoms with Crippen LogP contribution in [-0.2, 0) is 11.3 Å². The lowest BCUT2D eigenvalue weighted by molar-refractivity contribution is 0.123. The molecule has 0 amide bonds. The van der Waals surface area contributed by atoms with Crippen LogP contribution in [0.15, 0.2) is 41.2 Å². The van der Waals surface area contributed by atoms with E-state index in [2.05, 4.69) is 9.88 Å². The van der Waals surface area contributed by atoms with Crippen LogP contribution < -0.4 is 16.2 Å². The fourth-order valence-electron chi connectivity index (χ4n) is 3.42. The minimum Gasteiger partial charge on any atom is -0.397 e. The number of hydrogen-bond acceptors (Lipinski definition) is 5. The van der Waals surface area contributed by atoms with E-state index in [9.17, 15) is 9.18 Å². The molecule has 1 aromatic heterocycles. The van der Waals surface area contributed by atoms with Gasteiger partial charge in [0.1, 0.15) is 11.6 Å². The summed E-state index contributed by atoms with van der Waals surface area (Å²) in [6, 6.07) is 9.69. The van der Waals surface area contributed by atoms with Crippen LogP contribution in [0.3, 0.4) is 0 Å². The first kappa shape index (κ1) is 17.5. The van der Waals surface area contributed by atoms with Gasteiger partial charge in [0.25, 0.3) is 5.56 Å². The summed E-state index contributed by atoms with van der Waals surface area (Å²) in [5.41, 5.74) is 8.99. The molecule has 0 radical (unpaired) electrons. The summed E-state index contributed by atoms with van der Waals surface area (Å²) in [6.45, 7) is 4.97. The number of nitrogens with zero attached hydrogens (tertiary/aromatic N) is 3. The van der Waals surface area contributed by atoms with Gasteiger partial charge in [-0.2, -0.15) is 0 Å². The number of morpholine rings is 1. The first-order valence-corrected chi connectivity index (χ1v) is 8.91. The highest BCUT2D eigenvalue weighted by atomic mass is 19.1. The van der Waals surface area contributed by atoms with Crippen LogP contribution in [0.2, 0.25) is 0 Å². The van der Waals surface area contributed by atoms with E-state index < -0.39 is 0 Å². The van der Waals surface area contributed by atoms with E-state index in [1.54, 1.807) is 29.7 Å². The molecule has 27 heavy (non-hydrogen) atoms. The zero-order valence-electron chi connectivity index (χ0n) is 15.1. The predicted octanol–water partition coefficient (Wildman–Crippen LogP) is 2.31. The van der Waals surface area contributed by atoms with Gasteiger partial charge in [-0.25, -0.2) is 9.37 Å². The Kier molecular flexibility index (Phi) is 4.53. The molecule has 0 spiro atoms. The van der Waals surface area contributed by atoms with Crippen molar-refractivity contribution in [3.05, 3.63) is 64.0 Å². The smallest absolute Gasteiger partial charge is 0.261 e. The van der Waals surface area contributed by atoms with Crippen LogP contribution in [0.5, 0.6) is 0 Å². The van der Waals surface area contributed by atoms with E-state index in [1.807, 2.05) is 6.07 Å². The predicted molar refractivity (Wildman–Crippen MR) is 104 cm³/mol. The second kappa shape index (κ2) is 7.00. The molecule has 1 aliphatic heterocycles. The molecule has 1 aliphatic rings. The Morgan fingerprint density at radius 1 is 1.19 bits per heavy atom. The van der Waals surface area contributed by atoms with Gasteiger partial charge in [-0.05, 0) is 36.8 Å². The third-order valence-electron chi connectivity index (χ3n) is 4.90. The molecule has 2 heterocycles. The lowest BCUT2D eigenvalue weighted by atomic mass is 10.1. The molecule has 7 heteroatoms. The van der Waals surface area contributed by atoms with Crippen LogP contribution in [0.1, 0.15) is 11.4 Å². The van der Waals surface area contributed by atoms with Gasteiger partial charge >= 0.3 is 0 Å². The number of anilines is 2. The van der Waals surface area contributed by atoms with E-state index in [4.69, 9.17) is 10.5 Å². The summed E-state index contributed by atoms with van der Waals surface area (Å²) in [6.07, 6.45) is 0. The van der Waals surface area contributed by atoms with Gasteiger partial charge in [0.15, 0.2) is 0 Å². The third kappa shape index (κ3) is 3.38. The molecule has 2 N–H and O–H groups in total. The lowest BCUT2D eigenvalue weighted by Crippen LogP contribution is -2.36. The number of hydrogen-bond donors (Lipinski definition) is 1. The highest BCUT2D eigenvalue weighted by Gasteiger charge is 2.17. The lowest BCUT2D eigenvalue weighted by Gasteiger charge is -2.30. The number of ether oxygens (including phenoxy) is 1. The Balaban J connectivity index is 1.77. The molecule has 2 aromatic carbocycles. The zero-order chi connectivity index (χ0) is 19.0. The van der Waals surface area contributed by atoms with Crippen molar-refractivity contribution >= 4 is 22.3 Å². The van der Waals surface area contributed by atoms with Gasteiger partial charge in [-0.3, -0.25) is 9.36 Å². The summed E-state index contributed by atoms with van der Waals surface area (Å²) in [5.74, 6) is 0.303. The number of fused-ring (bicyclic) bond motifs is 1. The quantitative estimate of drug-likeness (QED) is 0.718. The van der Waals surface area contributed by atoms with E-state index in [0.29, 0.717) is 42.2 Å². The highest BCUT2D eigenvalue weighted by molar-refractivity contribution is 5.88. The van der Waals surface area contributed by atoms with Gasteiger partial charge in [-0.15, -0.1) is 0 Å². The molecule has 1 fully saturated rings. The molecule has 0 aliphatic carbocycles. The number of nitrogens with two attached hydrogens (primary N) is 1. The van der Waals surface area contributed by atoms with E-state index in [-0.39, 0.29) is 11.4 Å². The Morgan fingerprint density at radius 3 is 2.59 bits per heavy atom. The van der Waals surface area contributed by atoms with Crippen LogP contribution in [0.4, 0.5) is 15.8 Å². The maximum atomic E-state index is 13.1. The number of aryl methyl sites for hydroxylation is 1. The summed E-state index contributed by atoms with van der Waals surface area (Å²) < 4.78 is 20.1. The van der Waals surface area contributed by atoms with Crippen molar-refractivity contribution in [1.29, 1.82) is 0 Å². The molecular weight excluding hydrogens is 347 g/mol. The number of halogens is 1. The second-order valence-electron chi connectivity index (χ2n) is 6.70. The number of benzene rings is 2. The number of rotatable bonds is 3. The first-order valence-electron chi connectivity index (χ1n) is 8.91. The van der Waals surface area contributed by atoms with Crippen LogP contribution >= 0.6 is 0 Å². The van der Waals surface area contributed by atoms with Crippen molar-refractivity contribution in [2.45, 2.75) is 13.5 Å². The molecule has 0 atom stereocenters. The SMILES string of the molecule is Cc1nc2cc(N3CCOCC3)c(N)cc2c(=O)n1Cc1ccc(F)cc1. The van der Waals surface area contributed by atoms with Gasteiger partial charge in [-0.1, -0.05) is 12.1 Å². The fourth-order valence-corrected chi connectivity index (χ4v) is 3.42. The van der Waals surface area contributed by atoms with Crippen molar-refractivity contribution in [1.82, 2.24) is 9.55 Å². The van der Waals surface area contributed by atoms with Crippen molar-refractivity contribution in [2.24, 2.45) is 0 Å². The topological polar surface area (TPSA) is 73.4 Å². The van der Waals surface area contributed by atoms with E-state index in [0.717, 1.165) is 24.3 Å². The molecule has 0 bridgehead atoms. The zero-order valence-corrected chi connectivity index (χ0v) is 15.1. The van der Waals surface area contributed by atoms with Crippen molar-refractivity contribution in [2.75, 3.05) is 36.9 Å². The van der Waals surface area contributed by atoms with Crippen molar-refractivity contribution in [3.63, 3.8) is 0 Å². The molecule has 3 aromatic rings. The Labute approximate surface area is 156 Å². The minimum absolute atomic E-state index is 0.151. The normalized spacial score (nSPS) is 14.7. The molecule has 1 saturated heterocycles. The molecule has 4 rings (SSSR count). The first-order chi connectivity index (χ1) is 13.0. The summed E-state index contributed by atoms with van der Waals surface area (Å²) in [7, 11) is 0. The second-order valence-corrected chi connectivity index (χ2v) is 6.70. The molecule has 0 saturated carbocycles. The van der Waals surface area contributed by atoms with E-state index in [1.165, 1.54) is 12.1 Å². The van der Waals surface area contributed by atoms with Crippen molar-refractivity contribution in [3.8, 4) is 0 Å². The maximum absolute atomic E-state index is 13.1. The van der Waals surface area contributed by atoms with Crippen LogP contribution in [0, 0.1) is 12.7 Å². The van der Waals surface area contributed by atoms with Gasteiger partial charge in [0.05, 0.1) is 42.0 Å². The molecule has 140 valence electrons. The summed E-state index contributed by atoms with van der Waals surface area (Å²) in [4.78, 5) is 19.8. The van der Waals surface area contributed by atoms with E-state index >= 15 is 0 Å². The largest absolute Gasteiger partial charge is 0.397 e. The molecular formula is C20H21FN4O2. The van der Waals surface area contributed by atoms with Gasteiger partial charge < -0.3 is 15.4 Å². The number of aromatic nitrogens is 2. The van der Waals surface area contributed by atoms with Crippen LogP contribution in [0.25, 0.3) is 10.9 Å². The number of nitrogen functional groups attached to an aromatic ring is 1. The summed E-state index contributed by atoms with van der Waals surface area (Å²) >= 11 is 0. The van der Waals surface area contributed by atoms with Gasteiger partial charge in [0, 0.05) is 13.1 Å². The van der Waals surface area contributed by atoms with Gasteiger partial charge in [0.2, 0.25) is 0 Å². The fraction of sp³-hybridized carbons (Fsp3) is 0.300. The Bertz CT molecular complexity index is 1040. The third-order valence-corrected chi connectivity index (χ3v) is 4.90. The molecule has 0 unspecified atom stereocenters. The monoisotopic (exact) mass is 368 g/mol. The summed E-state index contributed by atoms with van der Waals surface area (Å²) in [5, 5.41) is 0.484. The average Bonchev–Trinajstić information content (AvgIpc) is 2.68. The maximum Gasteiger partial charge on any atom is 0.261 e. The Hall–Kier alpha value is -2.93. The highest BCUT2D eigenvalue weighted by Crippen LogP contribution is 2.28. The average molecular weight is 368 g/mol. The standard InChI is InChI=1S/C20H21FN4O2/c1-13-23-18-11-19(24-6-8-27-9-7-24)17(22)10-16(18)20(26)25(13)12-14-2-4-15(21)5-3-14/h2-5,10-11H,6-9,12,22H2,1H3. The van der Waals surface area contributed by atoms with Crippen LogP contribution in [-0.4, -0.2) is 35.9 Å².